The monoisotopic (exact) mass is 237 g/mol. The van der Waals surface area contributed by atoms with Gasteiger partial charge in [0.1, 0.15) is 5.69 Å². The molecule has 0 aromatic carbocycles. The lowest BCUT2D eigenvalue weighted by atomic mass is 9.96. The van der Waals surface area contributed by atoms with Gasteiger partial charge in [-0.3, -0.25) is 9.59 Å². The Bertz CT molecular complexity index is 451. The van der Waals surface area contributed by atoms with Crippen LogP contribution in [0.15, 0.2) is 17.2 Å². The van der Waals surface area contributed by atoms with Gasteiger partial charge in [-0.1, -0.05) is 6.92 Å². The summed E-state index contributed by atoms with van der Waals surface area (Å²) in [5.74, 6) is -0.143. The Morgan fingerprint density at radius 3 is 3.00 bits per heavy atom. The zero-order chi connectivity index (χ0) is 12.4. The summed E-state index contributed by atoms with van der Waals surface area (Å²) in [7, 11) is 0. The summed E-state index contributed by atoms with van der Waals surface area (Å²) in [5, 5.41) is 9.58. The number of nitrogens with zero attached hydrogens (tertiary/aromatic N) is 2. The van der Waals surface area contributed by atoms with E-state index < -0.39 is 0 Å². The van der Waals surface area contributed by atoms with Crippen LogP contribution in [0.2, 0.25) is 0 Å². The van der Waals surface area contributed by atoms with Crippen LogP contribution in [0.1, 0.15) is 23.8 Å². The normalized spacial score (nSPS) is 24.7. The molecular weight excluding hydrogens is 222 g/mol. The van der Waals surface area contributed by atoms with Crippen molar-refractivity contribution in [3.05, 3.63) is 28.4 Å². The van der Waals surface area contributed by atoms with Gasteiger partial charge in [-0.05, 0) is 12.3 Å². The highest BCUT2D eigenvalue weighted by atomic mass is 16.3. The van der Waals surface area contributed by atoms with Crippen molar-refractivity contribution in [3.63, 3.8) is 0 Å². The van der Waals surface area contributed by atoms with E-state index in [-0.39, 0.29) is 29.2 Å². The number of amides is 1. The molecule has 2 N–H and O–H groups in total. The first-order chi connectivity index (χ1) is 8.08. The summed E-state index contributed by atoms with van der Waals surface area (Å²) < 4.78 is 0. The van der Waals surface area contributed by atoms with Crippen LogP contribution in [0.25, 0.3) is 0 Å². The molecule has 2 unspecified atom stereocenters. The Morgan fingerprint density at radius 1 is 1.65 bits per heavy atom. The highest BCUT2D eigenvalue weighted by molar-refractivity contribution is 5.92. The van der Waals surface area contributed by atoms with Gasteiger partial charge < -0.3 is 15.0 Å². The molecule has 2 atom stereocenters. The molecule has 2 heterocycles. The second kappa shape index (κ2) is 4.67. The lowest BCUT2D eigenvalue weighted by Crippen LogP contribution is -2.45. The molecule has 0 spiro atoms. The molecule has 1 aliphatic rings. The molecule has 6 nitrogen and oxygen atoms in total. The number of likely N-dealkylation sites (tertiary alicyclic amines) is 1. The quantitative estimate of drug-likeness (QED) is 0.696. The molecule has 0 radical (unpaired) electrons. The minimum atomic E-state index is -0.345. The summed E-state index contributed by atoms with van der Waals surface area (Å²) in [6, 6.07) is 0. The molecule has 6 heteroatoms. The standard InChI is InChI=1S/C11H15N3O3/c1-7-6-14(3-2-9(7)15)11(17)8-4-13-10(16)5-12-8/h4-5,7,9,15H,2-3,6H2,1H3,(H,13,16). The third-order valence-corrected chi connectivity index (χ3v) is 3.04. The van der Waals surface area contributed by atoms with Crippen molar-refractivity contribution in [2.45, 2.75) is 19.4 Å². The number of rotatable bonds is 1. The van der Waals surface area contributed by atoms with Crippen LogP contribution in [-0.4, -0.2) is 45.1 Å². The van der Waals surface area contributed by atoms with E-state index in [1.807, 2.05) is 6.92 Å². The second-order valence-electron chi connectivity index (χ2n) is 4.38. The van der Waals surface area contributed by atoms with Gasteiger partial charge in [0.15, 0.2) is 0 Å². The van der Waals surface area contributed by atoms with Crippen molar-refractivity contribution in [1.82, 2.24) is 14.9 Å². The summed E-state index contributed by atoms with van der Waals surface area (Å²) in [6.07, 6.45) is 2.65. The van der Waals surface area contributed by atoms with Crippen LogP contribution in [0, 0.1) is 5.92 Å². The molecule has 0 bridgehead atoms. The molecule has 1 saturated heterocycles. The van der Waals surface area contributed by atoms with E-state index >= 15 is 0 Å². The molecule has 2 rings (SSSR count). The SMILES string of the molecule is CC1CN(C(=O)c2c[nH]c(=O)cn2)CCC1O. The first kappa shape index (κ1) is 11.8. The number of aliphatic hydroxyl groups is 1. The van der Waals surface area contributed by atoms with E-state index in [9.17, 15) is 14.7 Å². The molecule has 92 valence electrons. The maximum absolute atomic E-state index is 12.0. The molecule has 1 amide bonds. The lowest BCUT2D eigenvalue weighted by molar-refractivity contribution is 0.0294. The molecule has 0 aliphatic carbocycles. The van der Waals surface area contributed by atoms with Gasteiger partial charge in [0.05, 0.1) is 12.3 Å². The van der Waals surface area contributed by atoms with Gasteiger partial charge in [0.25, 0.3) is 11.5 Å². The number of nitrogens with one attached hydrogen (secondary N) is 1. The van der Waals surface area contributed by atoms with Gasteiger partial charge >= 0.3 is 0 Å². The van der Waals surface area contributed by atoms with Crippen molar-refractivity contribution in [3.8, 4) is 0 Å². The van der Waals surface area contributed by atoms with E-state index in [0.717, 1.165) is 6.20 Å². The molecule has 1 aromatic heterocycles. The zero-order valence-corrected chi connectivity index (χ0v) is 9.59. The third-order valence-electron chi connectivity index (χ3n) is 3.04. The third kappa shape index (κ3) is 2.52. The van der Waals surface area contributed by atoms with Crippen molar-refractivity contribution >= 4 is 5.91 Å². The van der Waals surface area contributed by atoms with Crippen LogP contribution in [0.3, 0.4) is 0 Å². The van der Waals surface area contributed by atoms with E-state index in [1.54, 1.807) is 4.90 Å². The van der Waals surface area contributed by atoms with Crippen molar-refractivity contribution < 1.29 is 9.90 Å². The molecule has 1 fully saturated rings. The fraction of sp³-hybridized carbons (Fsp3) is 0.545. The average molecular weight is 237 g/mol. The highest BCUT2D eigenvalue weighted by Gasteiger charge is 2.28. The number of aromatic nitrogens is 2. The Labute approximate surface area is 98.3 Å². The van der Waals surface area contributed by atoms with Gasteiger partial charge in [0, 0.05) is 19.3 Å². The second-order valence-corrected chi connectivity index (χ2v) is 4.38. The van der Waals surface area contributed by atoms with Crippen LogP contribution in [-0.2, 0) is 0 Å². The number of hydrogen-bond donors (Lipinski definition) is 2. The fourth-order valence-corrected chi connectivity index (χ4v) is 1.94. The number of carbonyl (C=O) groups excluding carboxylic acids is 1. The number of aliphatic hydroxyl groups excluding tert-OH is 1. The summed E-state index contributed by atoms with van der Waals surface area (Å²) in [4.78, 5) is 30.7. The largest absolute Gasteiger partial charge is 0.393 e. The molecule has 17 heavy (non-hydrogen) atoms. The molecular formula is C11H15N3O3. The number of H-pyrrole nitrogens is 1. The minimum absolute atomic E-state index is 0.0652. The van der Waals surface area contributed by atoms with Crippen LogP contribution >= 0.6 is 0 Å². The van der Waals surface area contributed by atoms with E-state index in [1.165, 1.54) is 6.20 Å². The first-order valence-electron chi connectivity index (χ1n) is 5.60. The number of carbonyl (C=O) groups is 1. The topological polar surface area (TPSA) is 86.3 Å². The predicted octanol–water partition coefficient (Wildman–Crippen LogP) is -0.387. The Hall–Kier alpha value is -1.69. The maximum atomic E-state index is 12.0. The van der Waals surface area contributed by atoms with Gasteiger partial charge in [0.2, 0.25) is 0 Å². The summed E-state index contributed by atoms with van der Waals surface area (Å²) >= 11 is 0. The predicted molar refractivity (Wildman–Crippen MR) is 60.5 cm³/mol. The summed E-state index contributed by atoms with van der Waals surface area (Å²) in [6.45, 7) is 2.94. The van der Waals surface area contributed by atoms with Gasteiger partial charge in [-0.2, -0.15) is 0 Å². The Kier molecular flexibility index (Phi) is 3.23. The minimum Gasteiger partial charge on any atom is -0.393 e. The smallest absolute Gasteiger partial charge is 0.273 e. The van der Waals surface area contributed by atoms with Crippen LogP contribution in [0.4, 0.5) is 0 Å². The van der Waals surface area contributed by atoms with Crippen LogP contribution < -0.4 is 5.56 Å². The fourth-order valence-electron chi connectivity index (χ4n) is 1.94. The average Bonchev–Trinajstić information content (AvgIpc) is 2.33. The van der Waals surface area contributed by atoms with Crippen molar-refractivity contribution in [1.29, 1.82) is 0 Å². The van der Waals surface area contributed by atoms with E-state index in [0.29, 0.717) is 19.5 Å². The van der Waals surface area contributed by atoms with Crippen LogP contribution in [0.5, 0.6) is 0 Å². The van der Waals surface area contributed by atoms with Gasteiger partial charge in [-0.25, -0.2) is 4.98 Å². The molecule has 1 aliphatic heterocycles. The number of aromatic amines is 1. The van der Waals surface area contributed by atoms with Crippen molar-refractivity contribution in [2.75, 3.05) is 13.1 Å². The molecule has 1 aromatic rings. The molecule has 0 saturated carbocycles. The number of hydrogen-bond acceptors (Lipinski definition) is 4. The summed E-state index contributed by atoms with van der Waals surface area (Å²) in [5.41, 5.74) is -0.0998. The Balaban J connectivity index is 2.10. The zero-order valence-electron chi connectivity index (χ0n) is 9.59. The highest BCUT2D eigenvalue weighted by Crippen LogP contribution is 2.17. The Morgan fingerprint density at radius 2 is 2.41 bits per heavy atom. The van der Waals surface area contributed by atoms with E-state index in [2.05, 4.69) is 9.97 Å². The first-order valence-corrected chi connectivity index (χ1v) is 5.60. The lowest BCUT2D eigenvalue weighted by Gasteiger charge is -2.34. The van der Waals surface area contributed by atoms with E-state index in [4.69, 9.17) is 0 Å². The van der Waals surface area contributed by atoms with Gasteiger partial charge in [-0.15, -0.1) is 0 Å². The number of piperidine rings is 1. The maximum Gasteiger partial charge on any atom is 0.273 e. The van der Waals surface area contributed by atoms with Crippen molar-refractivity contribution in [2.24, 2.45) is 5.92 Å².